The summed E-state index contributed by atoms with van der Waals surface area (Å²) in [5.41, 5.74) is -0.632. The van der Waals surface area contributed by atoms with Crippen LogP contribution in [0.2, 0.25) is 0 Å². The molecule has 0 aromatic rings. The van der Waals surface area contributed by atoms with Crippen molar-refractivity contribution in [2.75, 3.05) is 6.54 Å². The molecule has 3 rings (SSSR count). The zero-order chi connectivity index (χ0) is 12.9. The highest BCUT2D eigenvalue weighted by molar-refractivity contribution is 5.98. The Hall–Kier alpha value is -1.06. The van der Waals surface area contributed by atoms with Crippen LogP contribution in [0.5, 0.6) is 0 Å². The van der Waals surface area contributed by atoms with Gasteiger partial charge in [0.2, 0.25) is 11.8 Å². The summed E-state index contributed by atoms with van der Waals surface area (Å²) >= 11 is 0. The number of hydrogen-bond acceptors (Lipinski definition) is 2. The van der Waals surface area contributed by atoms with Gasteiger partial charge in [0.25, 0.3) is 0 Å². The van der Waals surface area contributed by atoms with Crippen molar-refractivity contribution < 1.29 is 9.59 Å². The Morgan fingerprint density at radius 2 is 2.00 bits per heavy atom. The monoisotopic (exact) mass is 250 g/mol. The topological polar surface area (TPSA) is 49.4 Å². The predicted molar refractivity (Wildman–Crippen MR) is 67.8 cm³/mol. The van der Waals surface area contributed by atoms with Crippen molar-refractivity contribution in [3.05, 3.63) is 0 Å². The maximum absolute atomic E-state index is 12.6. The third kappa shape index (κ3) is 2.02. The van der Waals surface area contributed by atoms with Gasteiger partial charge in [-0.05, 0) is 44.9 Å². The fourth-order valence-corrected chi connectivity index (χ4v) is 3.16. The maximum atomic E-state index is 12.6. The van der Waals surface area contributed by atoms with Crippen molar-refractivity contribution >= 4 is 11.8 Å². The first kappa shape index (κ1) is 12.0. The Morgan fingerprint density at radius 3 is 2.56 bits per heavy atom. The lowest BCUT2D eigenvalue weighted by atomic mass is 9.90. The van der Waals surface area contributed by atoms with E-state index in [1.165, 1.54) is 12.8 Å². The van der Waals surface area contributed by atoms with Gasteiger partial charge in [-0.1, -0.05) is 12.8 Å². The highest BCUT2D eigenvalue weighted by Gasteiger charge is 2.53. The van der Waals surface area contributed by atoms with Crippen LogP contribution in [0.15, 0.2) is 0 Å². The molecule has 18 heavy (non-hydrogen) atoms. The van der Waals surface area contributed by atoms with Gasteiger partial charge >= 0.3 is 0 Å². The minimum atomic E-state index is -0.632. The molecule has 3 fully saturated rings. The quantitative estimate of drug-likeness (QED) is 0.817. The molecule has 3 aliphatic rings. The smallest absolute Gasteiger partial charge is 0.249 e. The first-order chi connectivity index (χ1) is 8.50. The van der Waals surface area contributed by atoms with Crippen molar-refractivity contribution in [3.63, 3.8) is 0 Å². The Bertz CT molecular complexity index is 387. The summed E-state index contributed by atoms with van der Waals surface area (Å²) in [7, 11) is 0. The van der Waals surface area contributed by atoms with Gasteiger partial charge in [-0.15, -0.1) is 0 Å². The molecule has 2 saturated carbocycles. The van der Waals surface area contributed by atoms with Crippen molar-refractivity contribution in [1.82, 2.24) is 10.2 Å². The first-order valence-corrected chi connectivity index (χ1v) is 7.13. The Morgan fingerprint density at radius 1 is 1.33 bits per heavy atom. The van der Waals surface area contributed by atoms with Crippen LogP contribution >= 0.6 is 0 Å². The molecule has 2 unspecified atom stereocenters. The Kier molecular flexibility index (Phi) is 2.65. The average Bonchev–Trinajstić information content (AvgIpc) is 3.13. The molecular formula is C14H22N2O2. The van der Waals surface area contributed by atoms with Crippen molar-refractivity contribution in [3.8, 4) is 0 Å². The summed E-state index contributed by atoms with van der Waals surface area (Å²) in [6.45, 7) is 4.23. The number of rotatable bonds is 4. The van der Waals surface area contributed by atoms with Gasteiger partial charge in [0.05, 0.1) is 6.54 Å². The molecule has 4 heteroatoms. The lowest BCUT2D eigenvalue weighted by Crippen LogP contribution is -2.67. The van der Waals surface area contributed by atoms with Gasteiger partial charge in [0.15, 0.2) is 0 Å². The Balaban J connectivity index is 1.75. The van der Waals surface area contributed by atoms with Crippen LogP contribution in [0, 0.1) is 11.8 Å². The van der Waals surface area contributed by atoms with Gasteiger partial charge in [0.1, 0.15) is 5.54 Å². The number of carbonyl (C=O) groups excluding carboxylic acids is 2. The van der Waals surface area contributed by atoms with Crippen LogP contribution in [0.25, 0.3) is 0 Å². The number of nitrogens with zero attached hydrogens (tertiary/aromatic N) is 1. The molecule has 2 amide bonds. The zero-order valence-corrected chi connectivity index (χ0v) is 11.2. The first-order valence-electron chi connectivity index (χ1n) is 7.13. The molecule has 2 atom stereocenters. The summed E-state index contributed by atoms with van der Waals surface area (Å²) in [6.07, 6.45) is 5.76. The second-order valence-electron chi connectivity index (χ2n) is 6.49. The number of piperazine rings is 1. The molecule has 0 bridgehead atoms. The minimum absolute atomic E-state index is 0.00615. The van der Waals surface area contributed by atoms with E-state index in [2.05, 4.69) is 12.2 Å². The second kappa shape index (κ2) is 3.97. The van der Waals surface area contributed by atoms with Gasteiger partial charge < -0.3 is 10.2 Å². The van der Waals surface area contributed by atoms with E-state index >= 15 is 0 Å². The molecule has 0 radical (unpaired) electrons. The number of nitrogens with one attached hydrogen (secondary N) is 1. The van der Waals surface area contributed by atoms with Gasteiger partial charge in [0, 0.05) is 6.04 Å². The summed E-state index contributed by atoms with van der Waals surface area (Å²) < 4.78 is 0. The third-order valence-electron chi connectivity index (χ3n) is 4.72. The van der Waals surface area contributed by atoms with E-state index in [0.717, 1.165) is 25.2 Å². The van der Waals surface area contributed by atoms with E-state index in [0.29, 0.717) is 5.92 Å². The van der Waals surface area contributed by atoms with Gasteiger partial charge in [-0.25, -0.2) is 0 Å². The lowest BCUT2D eigenvalue weighted by molar-refractivity contribution is -0.152. The summed E-state index contributed by atoms with van der Waals surface area (Å²) in [6, 6.07) is 0.203. The molecule has 1 saturated heterocycles. The highest BCUT2D eigenvalue weighted by atomic mass is 16.2. The summed E-state index contributed by atoms with van der Waals surface area (Å²) in [5, 5.41) is 2.93. The van der Waals surface area contributed by atoms with Crippen LogP contribution < -0.4 is 5.32 Å². The number of hydrogen-bond donors (Lipinski definition) is 1. The fourth-order valence-electron chi connectivity index (χ4n) is 3.16. The van der Waals surface area contributed by atoms with E-state index in [-0.39, 0.29) is 24.4 Å². The largest absolute Gasteiger partial charge is 0.340 e. The normalized spacial score (nSPS) is 34.4. The predicted octanol–water partition coefficient (Wildman–Crippen LogP) is 1.30. The molecule has 4 nitrogen and oxygen atoms in total. The molecule has 1 heterocycles. The summed E-state index contributed by atoms with van der Waals surface area (Å²) in [4.78, 5) is 26.3. The van der Waals surface area contributed by atoms with E-state index in [4.69, 9.17) is 0 Å². The highest BCUT2D eigenvalue weighted by Crippen LogP contribution is 2.42. The SMILES string of the molecule is CC(CC1CC1)N1CC(=O)NC(C)(C2CC2)C1=O. The second-order valence-corrected chi connectivity index (χ2v) is 6.49. The molecule has 0 aromatic heterocycles. The van der Waals surface area contributed by atoms with Crippen LogP contribution in [-0.4, -0.2) is 34.8 Å². The van der Waals surface area contributed by atoms with Crippen molar-refractivity contribution in [2.24, 2.45) is 11.8 Å². The fraction of sp³-hybridized carbons (Fsp3) is 0.857. The average molecular weight is 250 g/mol. The lowest BCUT2D eigenvalue weighted by Gasteiger charge is -2.42. The number of carbonyl (C=O) groups is 2. The van der Waals surface area contributed by atoms with Crippen LogP contribution in [-0.2, 0) is 9.59 Å². The minimum Gasteiger partial charge on any atom is -0.340 e. The third-order valence-corrected chi connectivity index (χ3v) is 4.72. The van der Waals surface area contributed by atoms with Gasteiger partial charge in [-0.3, -0.25) is 9.59 Å². The zero-order valence-electron chi connectivity index (χ0n) is 11.2. The maximum Gasteiger partial charge on any atom is 0.249 e. The van der Waals surface area contributed by atoms with E-state index < -0.39 is 5.54 Å². The van der Waals surface area contributed by atoms with Crippen LogP contribution in [0.3, 0.4) is 0 Å². The van der Waals surface area contributed by atoms with Gasteiger partial charge in [-0.2, -0.15) is 0 Å². The summed E-state index contributed by atoms with van der Waals surface area (Å²) in [5.74, 6) is 1.28. The van der Waals surface area contributed by atoms with Crippen LogP contribution in [0.4, 0.5) is 0 Å². The standard InChI is InChI=1S/C14H22N2O2/c1-9(7-10-3-4-10)16-8-12(17)15-14(2,13(16)18)11-5-6-11/h9-11H,3-8H2,1-2H3,(H,15,17). The molecule has 1 aliphatic heterocycles. The Labute approximate surface area is 108 Å². The van der Waals surface area contributed by atoms with E-state index in [9.17, 15) is 9.59 Å². The molecular weight excluding hydrogens is 228 g/mol. The molecule has 1 N–H and O–H groups in total. The molecule has 2 aliphatic carbocycles. The molecule has 0 spiro atoms. The van der Waals surface area contributed by atoms with Crippen LogP contribution in [0.1, 0.15) is 46.0 Å². The van der Waals surface area contributed by atoms with E-state index in [1.54, 1.807) is 0 Å². The number of amides is 2. The molecule has 100 valence electrons. The molecule has 0 aromatic carbocycles. The van der Waals surface area contributed by atoms with E-state index in [1.807, 2.05) is 11.8 Å². The van der Waals surface area contributed by atoms with Crippen molar-refractivity contribution in [1.29, 1.82) is 0 Å². The van der Waals surface area contributed by atoms with Crippen molar-refractivity contribution in [2.45, 2.75) is 57.5 Å².